The van der Waals surface area contributed by atoms with Gasteiger partial charge in [0.2, 0.25) is 0 Å². The predicted octanol–water partition coefficient (Wildman–Crippen LogP) is 3.04. The minimum absolute atomic E-state index is 0.557. The zero-order valence-electron chi connectivity index (χ0n) is 9.10. The lowest BCUT2D eigenvalue weighted by atomic mass is 10.0. The number of rotatable bonds is 2. The number of alkyl halides is 3. The molecule has 0 saturated heterocycles. The van der Waals surface area contributed by atoms with Crippen LogP contribution in [0.5, 0.6) is 0 Å². The number of hydrogen-bond acceptors (Lipinski definition) is 4. The predicted molar refractivity (Wildman–Crippen MR) is 57.3 cm³/mol. The molecule has 0 spiro atoms. The fourth-order valence-corrected chi connectivity index (χ4v) is 1.34. The van der Waals surface area contributed by atoms with E-state index in [9.17, 15) is 23.3 Å². The highest BCUT2D eigenvalue weighted by Gasteiger charge is 2.36. The zero-order valence-corrected chi connectivity index (χ0v) is 9.10. The number of nitrogens with zero attached hydrogens (tertiary/aromatic N) is 3. The van der Waals surface area contributed by atoms with Crippen LogP contribution in [0.2, 0.25) is 0 Å². The van der Waals surface area contributed by atoms with Gasteiger partial charge in [-0.25, -0.2) is 0 Å². The molecule has 0 atom stereocenters. The van der Waals surface area contributed by atoms with Crippen LogP contribution >= 0.6 is 0 Å². The van der Waals surface area contributed by atoms with Gasteiger partial charge in [-0.1, -0.05) is 6.07 Å². The van der Waals surface area contributed by atoms with Crippen molar-refractivity contribution in [2.24, 2.45) is 0 Å². The molecule has 1 rings (SSSR count). The monoisotopic (exact) mass is 267 g/mol. The first-order valence-corrected chi connectivity index (χ1v) is 4.67. The summed E-state index contributed by atoms with van der Waals surface area (Å²) in [7, 11) is 0. The van der Waals surface area contributed by atoms with Gasteiger partial charge in [-0.3, -0.25) is 10.1 Å². The molecule has 0 aromatic heterocycles. The van der Waals surface area contributed by atoms with E-state index in [4.69, 9.17) is 10.5 Å². The number of halogens is 3. The average molecular weight is 267 g/mol. The van der Waals surface area contributed by atoms with Crippen molar-refractivity contribution in [1.82, 2.24) is 0 Å². The maximum absolute atomic E-state index is 12.7. The first-order chi connectivity index (χ1) is 8.81. The molecule has 1 aromatic carbocycles. The summed E-state index contributed by atoms with van der Waals surface area (Å²) in [4.78, 5) is 9.70. The summed E-state index contributed by atoms with van der Waals surface area (Å²) in [6.45, 7) is 0. The lowest BCUT2D eigenvalue weighted by molar-refractivity contribution is -0.385. The number of nitriles is 2. The quantitative estimate of drug-likeness (QED) is 0.467. The van der Waals surface area contributed by atoms with E-state index in [0.29, 0.717) is 12.1 Å². The number of hydrogen-bond donors (Lipinski definition) is 0. The molecule has 0 amide bonds. The van der Waals surface area contributed by atoms with Crippen molar-refractivity contribution in [2.45, 2.75) is 6.18 Å². The van der Waals surface area contributed by atoms with Crippen LogP contribution in [0.3, 0.4) is 0 Å². The topological polar surface area (TPSA) is 90.7 Å². The van der Waals surface area contributed by atoms with Crippen LogP contribution in [0.25, 0.3) is 6.08 Å². The Hall–Kier alpha value is -2.87. The summed E-state index contributed by atoms with van der Waals surface area (Å²) in [5.74, 6) is 0. The molecule has 5 nitrogen and oxygen atoms in total. The number of allylic oxidation sites excluding steroid dienone is 1. The van der Waals surface area contributed by atoms with E-state index in [1.54, 1.807) is 0 Å². The second-order valence-corrected chi connectivity index (χ2v) is 3.27. The minimum atomic E-state index is -4.83. The van der Waals surface area contributed by atoms with Crippen LogP contribution in [0.4, 0.5) is 18.9 Å². The third kappa shape index (κ3) is 3.07. The second kappa shape index (κ2) is 5.19. The first kappa shape index (κ1) is 14.2. The Balaban J connectivity index is 3.67. The molecule has 1 aromatic rings. The van der Waals surface area contributed by atoms with E-state index in [2.05, 4.69) is 0 Å². The van der Waals surface area contributed by atoms with Gasteiger partial charge in [0.25, 0.3) is 5.69 Å². The van der Waals surface area contributed by atoms with E-state index in [0.717, 1.165) is 12.1 Å². The van der Waals surface area contributed by atoms with Crippen molar-refractivity contribution in [1.29, 1.82) is 10.5 Å². The van der Waals surface area contributed by atoms with Crippen LogP contribution in [0.15, 0.2) is 23.8 Å². The van der Waals surface area contributed by atoms with Crippen LogP contribution in [0, 0.1) is 32.8 Å². The van der Waals surface area contributed by atoms with Crippen molar-refractivity contribution in [2.75, 3.05) is 0 Å². The molecule has 0 fully saturated rings. The number of nitro groups is 1. The Labute approximate surface area is 105 Å². The molecule has 0 radical (unpaired) electrons. The second-order valence-electron chi connectivity index (χ2n) is 3.27. The molecular formula is C11H4F3N3O2. The fourth-order valence-electron chi connectivity index (χ4n) is 1.34. The molecule has 96 valence electrons. The van der Waals surface area contributed by atoms with E-state index in [1.807, 2.05) is 0 Å². The Kier molecular flexibility index (Phi) is 3.88. The molecule has 0 aliphatic carbocycles. The highest BCUT2D eigenvalue weighted by molar-refractivity contribution is 5.71. The van der Waals surface area contributed by atoms with Crippen molar-refractivity contribution in [3.05, 3.63) is 45.0 Å². The zero-order chi connectivity index (χ0) is 14.6. The summed E-state index contributed by atoms with van der Waals surface area (Å²) in [5, 5.41) is 27.7. The van der Waals surface area contributed by atoms with Gasteiger partial charge >= 0.3 is 6.18 Å². The van der Waals surface area contributed by atoms with Gasteiger partial charge < -0.3 is 0 Å². The molecule has 0 aliphatic rings. The lowest BCUT2D eigenvalue weighted by Gasteiger charge is -2.10. The van der Waals surface area contributed by atoms with Crippen molar-refractivity contribution >= 4 is 11.8 Å². The SMILES string of the molecule is N#CC(C#N)=Cc1c([N+](=O)[O-])cccc1C(F)(F)F. The molecule has 0 aliphatic heterocycles. The normalized spacial score (nSPS) is 10.2. The Morgan fingerprint density at radius 2 is 1.89 bits per heavy atom. The largest absolute Gasteiger partial charge is 0.417 e. The Morgan fingerprint density at radius 1 is 1.32 bits per heavy atom. The smallest absolute Gasteiger partial charge is 0.258 e. The van der Waals surface area contributed by atoms with Gasteiger partial charge in [0, 0.05) is 6.07 Å². The van der Waals surface area contributed by atoms with E-state index in [-0.39, 0.29) is 0 Å². The maximum atomic E-state index is 12.7. The summed E-state index contributed by atoms with van der Waals surface area (Å²) in [6.07, 6.45) is -4.27. The average Bonchev–Trinajstić information content (AvgIpc) is 2.34. The molecule has 0 N–H and O–H groups in total. The van der Waals surface area contributed by atoms with E-state index < -0.39 is 33.5 Å². The van der Waals surface area contributed by atoms with Crippen LogP contribution in [-0.2, 0) is 6.18 Å². The van der Waals surface area contributed by atoms with Gasteiger partial charge in [-0.2, -0.15) is 23.7 Å². The molecule has 19 heavy (non-hydrogen) atoms. The van der Waals surface area contributed by atoms with Crippen LogP contribution in [-0.4, -0.2) is 4.92 Å². The summed E-state index contributed by atoms with van der Waals surface area (Å²) < 4.78 is 38.2. The number of benzene rings is 1. The maximum Gasteiger partial charge on any atom is 0.417 e. The van der Waals surface area contributed by atoms with Gasteiger partial charge in [0.15, 0.2) is 0 Å². The van der Waals surface area contributed by atoms with E-state index >= 15 is 0 Å². The third-order valence-electron chi connectivity index (χ3n) is 2.11. The van der Waals surface area contributed by atoms with Gasteiger partial charge in [0.05, 0.1) is 16.1 Å². The standard InChI is InChI=1S/C11H4F3N3O2/c12-11(13,14)9-2-1-3-10(17(18)19)8(9)4-7(5-15)6-16/h1-4H. The highest BCUT2D eigenvalue weighted by atomic mass is 19.4. The Morgan fingerprint density at radius 3 is 2.32 bits per heavy atom. The molecule has 0 heterocycles. The first-order valence-electron chi connectivity index (χ1n) is 4.67. The van der Waals surface area contributed by atoms with Gasteiger partial charge in [-0.15, -0.1) is 0 Å². The highest BCUT2D eigenvalue weighted by Crippen LogP contribution is 2.36. The molecule has 0 unspecified atom stereocenters. The number of nitro benzene ring substituents is 1. The van der Waals surface area contributed by atoms with Crippen LogP contribution in [0.1, 0.15) is 11.1 Å². The van der Waals surface area contributed by atoms with Crippen molar-refractivity contribution in [3.8, 4) is 12.1 Å². The van der Waals surface area contributed by atoms with Crippen molar-refractivity contribution in [3.63, 3.8) is 0 Å². The molecule has 0 bridgehead atoms. The molecule has 0 saturated carbocycles. The van der Waals surface area contributed by atoms with Crippen LogP contribution < -0.4 is 0 Å². The molecular weight excluding hydrogens is 263 g/mol. The molecule has 8 heteroatoms. The lowest BCUT2D eigenvalue weighted by Crippen LogP contribution is -2.09. The Bertz CT molecular complexity index is 620. The summed E-state index contributed by atoms with van der Waals surface area (Å²) in [5.41, 5.74) is -3.56. The third-order valence-corrected chi connectivity index (χ3v) is 2.11. The van der Waals surface area contributed by atoms with Crippen molar-refractivity contribution < 1.29 is 18.1 Å². The van der Waals surface area contributed by atoms with E-state index in [1.165, 1.54) is 12.1 Å². The minimum Gasteiger partial charge on any atom is -0.258 e. The fraction of sp³-hybridized carbons (Fsp3) is 0.0909. The summed E-state index contributed by atoms with van der Waals surface area (Å²) in [6, 6.07) is 5.11. The van der Waals surface area contributed by atoms with Gasteiger partial charge in [0.1, 0.15) is 17.7 Å². The summed E-state index contributed by atoms with van der Waals surface area (Å²) >= 11 is 0. The van der Waals surface area contributed by atoms with Gasteiger partial charge in [-0.05, 0) is 12.1 Å².